The van der Waals surface area contributed by atoms with Crippen molar-refractivity contribution in [1.82, 2.24) is 9.88 Å². The molecule has 1 unspecified atom stereocenters. The molecule has 34 heavy (non-hydrogen) atoms. The molecule has 3 heterocycles. The van der Waals surface area contributed by atoms with Crippen LogP contribution in [0.3, 0.4) is 0 Å². The zero-order valence-corrected chi connectivity index (χ0v) is 19.9. The number of rotatable bonds is 7. The number of aromatic nitrogens is 1. The Morgan fingerprint density at radius 2 is 1.82 bits per heavy atom. The van der Waals surface area contributed by atoms with Gasteiger partial charge in [-0.1, -0.05) is 37.8 Å². The van der Waals surface area contributed by atoms with Gasteiger partial charge in [0.2, 0.25) is 0 Å². The van der Waals surface area contributed by atoms with Crippen LogP contribution < -0.4 is 0 Å². The minimum atomic E-state index is -0.219. The first kappa shape index (κ1) is 23.2. The maximum Gasteiger partial charge on any atom is 0.145 e. The molecule has 1 atom stereocenters. The summed E-state index contributed by atoms with van der Waals surface area (Å²) in [5, 5.41) is 0.579. The van der Waals surface area contributed by atoms with Gasteiger partial charge in [-0.15, -0.1) is 0 Å². The summed E-state index contributed by atoms with van der Waals surface area (Å²) < 4.78 is 19.7. The normalized spacial score (nSPS) is 19.8. The molecular weight excluding hydrogens is 427 g/mol. The molecule has 0 bridgehead atoms. The van der Waals surface area contributed by atoms with E-state index in [1.807, 2.05) is 30.5 Å². The van der Waals surface area contributed by atoms with E-state index in [1.54, 1.807) is 18.4 Å². The fourth-order valence-electron chi connectivity index (χ4n) is 6.02. The maximum atomic E-state index is 14.1. The molecule has 1 saturated carbocycles. The highest BCUT2D eigenvalue weighted by Crippen LogP contribution is 2.35. The number of likely N-dealkylation sites (tertiary alicyclic amines) is 1. The van der Waals surface area contributed by atoms with Crippen molar-refractivity contribution in [3.63, 3.8) is 0 Å². The molecule has 1 aromatic carbocycles. The van der Waals surface area contributed by atoms with Crippen molar-refractivity contribution in [1.29, 1.82) is 0 Å². The molecule has 180 valence electrons. The number of nitrogens with zero attached hydrogens (tertiary/aromatic N) is 2. The molecule has 2 aliphatic rings. The summed E-state index contributed by atoms with van der Waals surface area (Å²) in [6.45, 7) is 2.87. The number of halogens is 1. The lowest BCUT2D eigenvalue weighted by Gasteiger charge is -2.33. The minimum absolute atomic E-state index is 0.109. The van der Waals surface area contributed by atoms with Crippen LogP contribution in [0, 0.1) is 11.7 Å². The maximum absolute atomic E-state index is 14.1. The molecule has 1 aliphatic heterocycles. The average molecular weight is 463 g/mol. The SMILES string of the molecule is O=C(C1CCCCCC1)C(CCN1CCC(c2ccc(F)c3ccoc23)CC1)c1ccccn1. The molecule has 1 saturated heterocycles. The summed E-state index contributed by atoms with van der Waals surface area (Å²) in [6.07, 6.45) is 13.2. The number of Topliss-reactive ketones (excluding diaryl/α,β-unsaturated/α-hetero) is 1. The Kier molecular flexibility index (Phi) is 7.39. The van der Waals surface area contributed by atoms with Gasteiger partial charge in [-0.3, -0.25) is 9.78 Å². The molecule has 2 aromatic heterocycles. The van der Waals surface area contributed by atoms with Gasteiger partial charge >= 0.3 is 0 Å². The fourth-order valence-corrected chi connectivity index (χ4v) is 6.02. The molecule has 1 aliphatic carbocycles. The van der Waals surface area contributed by atoms with E-state index < -0.39 is 0 Å². The minimum Gasteiger partial charge on any atom is -0.464 e. The fraction of sp³-hybridized carbons (Fsp3) is 0.517. The molecule has 5 heteroatoms. The number of piperidine rings is 1. The number of carbonyl (C=O) groups excluding carboxylic acids is 1. The lowest BCUT2D eigenvalue weighted by Crippen LogP contribution is -2.35. The molecule has 0 radical (unpaired) electrons. The first-order chi connectivity index (χ1) is 16.7. The summed E-state index contributed by atoms with van der Waals surface area (Å²) in [4.78, 5) is 20.7. The van der Waals surface area contributed by atoms with Crippen molar-refractivity contribution in [3.05, 3.63) is 65.9 Å². The van der Waals surface area contributed by atoms with Crippen molar-refractivity contribution >= 4 is 16.8 Å². The summed E-state index contributed by atoms with van der Waals surface area (Å²) in [5.74, 6) is 0.645. The average Bonchev–Trinajstić information content (AvgIpc) is 3.22. The molecule has 0 amide bonds. The second kappa shape index (κ2) is 10.8. The Morgan fingerprint density at radius 3 is 2.56 bits per heavy atom. The first-order valence-electron chi connectivity index (χ1n) is 13.0. The van der Waals surface area contributed by atoms with Gasteiger partial charge in [0.1, 0.15) is 17.2 Å². The number of fused-ring (bicyclic) bond motifs is 1. The molecular formula is C29H35FN2O2. The third-order valence-corrected chi connectivity index (χ3v) is 8.00. The Hall–Kier alpha value is -2.53. The van der Waals surface area contributed by atoms with Gasteiger partial charge in [-0.05, 0) is 87.5 Å². The molecule has 2 fully saturated rings. The van der Waals surface area contributed by atoms with Gasteiger partial charge in [0, 0.05) is 12.1 Å². The number of hydrogen-bond acceptors (Lipinski definition) is 4. The lowest BCUT2D eigenvalue weighted by molar-refractivity contribution is -0.125. The Bertz CT molecular complexity index is 1080. The van der Waals surface area contributed by atoms with Crippen LogP contribution in [0.4, 0.5) is 4.39 Å². The predicted molar refractivity (Wildman–Crippen MR) is 132 cm³/mol. The van der Waals surface area contributed by atoms with Gasteiger partial charge in [0.05, 0.1) is 23.3 Å². The predicted octanol–water partition coefficient (Wildman–Crippen LogP) is 6.86. The quantitative estimate of drug-likeness (QED) is 0.360. The van der Waals surface area contributed by atoms with Crippen LogP contribution >= 0.6 is 0 Å². The van der Waals surface area contributed by atoms with Crippen LogP contribution in [-0.2, 0) is 4.79 Å². The highest BCUT2D eigenvalue weighted by atomic mass is 19.1. The monoisotopic (exact) mass is 462 g/mol. The lowest BCUT2D eigenvalue weighted by atomic mass is 9.83. The van der Waals surface area contributed by atoms with Gasteiger partial charge in [-0.25, -0.2) is 4.39 Å². The third-order valence-electron chi connectivity index (χ3n) is 8.00. The molecule has 5 rings (SSSR count). The molecule has 0 N–H and O–H groups in total. The zero-order valence-electron chi connectivity index (χ0n) is 19.9. The van der Waals surface area contributed by atoms with E-state index in [0.717, 1.165) is 63.0 Å². The highest BCUT2D eigenvalue weighted by Gasteiger charge is 2.31. The third kappa shape index (κ3) is 5.10. The largest absolute Gasteiger partial charge is 0.464 e. The van der Waals surface area contributed by atoms with Crippen molar-refractivity contribution in [3.8, 4) is 0 Å². The van der Waals surface area contributed by atoms with Gasteiger partial charge in [-0.2, -0.15) is 0 Å². The highest BCUT2D eigenvalue weighted by molar-refractivity contribution is 5.87. The van der Waals surface area contributed by atoms with E-state index in [0.29, 0.717) is 22.7 Å². The van der Waals surface area contributed by atoms with Crippen LogP contribution in [-0.4, -0.2) is 35.3 Å². The second-order valence-corrected chi connectivity index (χ2v) is 10.1. The Labute approximate surface area is 201 Å². The molecule has 4 nitrogen and oxygen atoms in total. The van der Waals surface area contributed by atoms with Crippen LogP contribution in [0.25, 0.3) is 11.0 Å². The van der Waals surface area contributed by atoms with E-state index in [-0.39, 0.29) is 17.7 Å². The molecule has 3 aromatic rings. The summed E-state index contributed by atoms with van der Waals surface area (Å²) >= 11 is 0. The number of ketones is 1. The van der Waals surface area contributed by atoms with Gasteiger partial charge < -0.3 is 9.32 Å². The van der Waals surface area contributed by atoms with Gasteiger partial charge in [0.15, 0.2) is 0 Å². The standard InChI is InChI=1S/C29H35FN2O2/c30-26-11-10-23(29-24(26)15-20-34-29)21-12-17-32(18-13-21)19-14-25(27-9-5-6-16-31-27)28(33)22-7-3-1-2-4-8-22/h5-6,9-11,15-16,20-22,25H,1-4,7-8,12-14,17-19H2. The van der Waals surface area contributed by atoms with Crippen molar-refractivity contribution in [2.24, 2.45) is 5.92 Å². The van der Waals surface area contributed by atoms with Crippen LogP contribution in [0.15, 0.2) is 53.3 Å². The van der Waals surface area contributed by atoms with Crippen LogP contribution in [0.1, 0.15) is 80.9 Å². The topological polar surface area (TPSA) is 46.3 Å². The van der Waals surface area contributed by atoms with E-state index in [9.17, 15) is 9.18 Å². The number of benzene rings is 1. The summed E-state index contributed by atoms with van der Waals surface area (Å²) in [7, 11) is 0. The smallest absolute Gasteiger partial charge is 0.145 e. The van der Waals surface area contributed by atoms with Crippen LogP contribution in [0.5, 0.6) is 0 Å². The number of pyridine rings is 1. The molecule has 0 spiro atoms. The zero-order chi connectivity index (χ0) is 23.3. The van der Waals surface area contributed by atoms with Crippen molar-refractivity contribution in [2.45, 2.75) is 69.6 Å². The Morgan fingerprint density at radius 1 is 1.03 bits per heavy atom. The second-order valence-electron chi connectivity index (χ2n) is 10.1. The van der Waals surface area contributed by atoms with Crippen molar-refractivity contribution < 1.29 is 13.6 Å². The van der Waals surface area contributed by atoms with E-state index in [2.05, 4.69) is 9.88 Å². The van der Waals surface area contributed by atoms with E-state index in [1.165, 1.54) is 25.7 Å². The van der Waals surface area contributed by atoms with E-state index in [4.69, 9.17) is 4.42 Å². The summed E-state index contributed by atoms with van der Waals surface area (Å²) in [6, 6.07) is 11.1. The van der Waals surface area contributed by atoms with Crippen LogP contribution in [0.2, 0.25) is 0 Å². The first-order valence-corrected chi connectivity index (χ1v) is 13.0. The number of furan rings is 1. The number of hydrogen-bond donors (Lipinski definition) is 0. The van der Waals surface area contributed by atoms with E-state index >= 15 is 0 Å². The Balaban J connectivity index is 1.22. The van der Waals surface area contributed by atoms with Gasteiger partial charge in [0.25, 0.3) is 0 Å². The summed E-state index contributed by atoms with van der Waals surface area (Å²) in [5.41, 5.74) is 2.75. The number of carbonyl (C=O) groups is 1. The van der Waals surface area contributed by atoms with Crippen molar-refractivity contribution in [2.75, 3.05) is 19.6 Å².